The maximum Gasteiger partial charge on any atom is 0.243 e. The van der Waals surface area contributed by atoms with Gasteiger partial charge in [0.25, 0.3) is 0 Å². The van der Waals surface area contributed by atoms with E-state index in [1.165, 1.54) is 11.9 Å². The molecule has 0 saturated heterocycles. The topological polar surface area (TPSA) is 86.8 Å². The average Bonchev–Trinajstić information content (AvgIpc) is 3.04. The quantitative estimate of drug-likeness (QED) is 0.213. The van der Waals surface area contributed by atoms with Crippen molar-refractivity contribution in [1.29, 1.82) is 0 Å². The number of nitrogens with zero attached hydrogens (tertiary/aromatic N) is 2. The van der Waals surface area contributed by atoms with E-state index in [1.54, 1.807) is 30.3 Å². The van der Waals surface area contributed by atoms with Crippen molar-refractivity contribution in [3.05, 3.63) is 113 Å². The highest BCUT2D eigenvalue weighted by Gasteiger charge is 2.34. The maximum absolute atomic E-state index is 14.2. The third-order valence-electron chi connectivity index (χ3n) is 8.31. The molecule has 0 radical (unpaired) electrons. The highest BCUT2D eigenvalue weighted by molar-refractivity contribution is 7.89. The van der Waals surface area contributed by atoms with Gasteiger partial charge in [0.05, 0.1) is 11.4 Å². The molecule has 1 aliphatic rings. The van der Waals surface area contributed by atoms with Gasteiger partial charge in [0.2, 0.25) is 21.8 Å². The van der Waals surface area contributed by atoms with E-state index in [-0.39, 0.29) is 29.8 Å². The lowest BCUT2D eigenvalue weighted by Gasteiger charge is -2.34. The van der Waals surface area contributed by atoms with Crippen LogP contribution in [0.4, 0.5) is 0 Å². The first-order valence-electron chi connectivity index (χ1n) is 15.0. The summed E-state index contributed by atoms with van der Waals surface area (Å²) in [5, 5.41) is 5.38. The van der Waals surface area contributed by atoms with Gasteiger partial charge >= 0.3 is 0 Å². The molecule has 0 unspecified atom stereocenters. The summed E-state index contributed by atoms with van der Waals surface area (Å²) >= 11 is 6.53. The third-order valence-corrected chi connectivity index (χ3v) is 10.5. The van der Waals surface area contributed by atoms with Crippen LogP contribution in [0.15, 0.2) is 102 Å². The van der Waals surface area contributed by atoms with Gasteiger partial charge in [-0.05, 0) is 52.9 Å². The lowest BCUT2D eigenvalue weighted by Crippen LogP contribution is -2.54. The molecule has 0 aromatic heterocycles. The number of likely N-dealkylation sites (N-methyl/N-ethyl adjacent to an activating group) is 1. The van der Waals surface area contributed by atoms with Gasteiger partial charge in [0.1, 0.15) is 6.04 Å². The van der Waals surface area contributed by atoms with Crippen molar-refractivity contribution in [3.63, 3.8) is 0 Å². The van der Waals surface area contributed by atoms with Crippen molar-refractivity contribution in [1.82, 2.24) is 14.5 Å². The Morgan fingerprint density at radius 2 is 1.52 bits per heavy atom. The first-order chi connectivity index (χ1) is 21.2. The molecule has 44 heavy (non-hydrogen) atoms. The standard InChI is InChI=1S/C35H38ClN3O4S/c1-38(44(42,43)31-21-20-27-14-8-9-15-28(27)23-31)25-34(40)39(24-29-16-10-11-19-32(29)36)33(22-26-12-4-2-5-13-26)35(41)37-30-17-6-3-7-18-30/h2,4-5,8-16,19-21,23,30,33H,3,6-7,17-18,22,24-25H2,1H3,(H,37,41)/t33-/m1/s1. The van der Waals surface area contributed by atoms with Crippen molar-refractivity contribution in [2.45, 2.75) is 62.0 Å². The summed E-state index contributed by atoms with van der Waals surface area (Å²) < 4.78 is 28.4. The zero-order chi connectivity index (χ0) is 31.1. The van der Waals surface area contributed by atoms with E-state index in [4.69, 9.17) is 11.6 Å². The van der Waals surface area contributed by atoms with Crippen LogP contribution in [-0.4, -0.2) is 55.1 Å². The van der Waals surface area contributed by atoms with E-state index in [0.29, 0.717) is 10.6 Å². The van der Waals surface area contributed by atoms with Crippen LogP contribution in [0.5, 0.6) is 0 Å². The number of halogens is 1. The molecular formula is C35H38ClN3O4S. The van der Waals surface area contributed by atoms with Gasteiger partial charge in [0.15, 0.2) is 0 Å². The summed E-state index contributed by atoms with van der Waals surface area (Å²) in [5.41, 5.74) is 1.57. The molecule has 4 aromatic carbocycles. The average molecular weight is 632 g/mol. The van der Waals surface area contributed by atoms with E-state index in [9.17, 15) is 18.0 Å². The smallest absolute Gasteiger partial charge is 0.243 e. The van der Waals surface area contributed by atoms with Crippen LogP contribution in [-0.2, 0) is 32.6 Å². The number of hydrogen-bond donors (Lipinski definition) is 1. The molecule has 0 heterocycles. The molecule has 2 amide bonds. The van der Waals surface area contributed by atoms with Crippen LogP contribution in [0.25, 0.3) is 10.8 Å². The summed E-state index contributed by atoms with van der Waals surface area (Å²) in [6, 6.07) is 28.3. The molecule has 1 fully saturated rings. The first kappa shape index (κ1) is 31.7. The Kier molecular flexibility index (Phi) is 10.4. The van der Waals surface area contributed by atoms with Gasteiger partial charge < -0.3 is 10.2 Å². The number of carbonyl (C=O) groups is 2. The highest BCUT2D eigenvalue weighted by atomic mass is 35.5. The number of hydrogen-bond acceptors (Lipinski definition) is 4. The molecule has 0 spiro atoms. The predicted octanol–water partition coefficient (Wildman–Crippen LogP) is 6.20. The fourth-order valence-corrected chi connectivity index (χ4v) is 7.13. The zero-order valence-corrected chi connectivity index (χ0v) is 26.4. The van der Waals surface area contributed by atoms with E-state index < -0.39 is 28.5 Å². The summed E-state index contributed by atoms with van der Waals surface area (Å²) in [6.07, 6.45) is 5.32. The van der Waals surface area contributed by atoms with Crippen molar-refractivity contribution < 1.29 is 18.0 Å². The predicted molar refractivity (Wildman–Crippen MR) is 175 cm³/mol. The molecule has 1 aliphatic carbocycles. The van der Waals surface area contributed by atoms with Crippen LogP contribution in [0.3, 0.4) is 0 Å². The van der Waals surface area contributed by atoms with Gasteiger partial charge in [-0.1, -0.05) is 110 Å². The summed E-state index contributed by atoms with van der Waals surface area (Å²) in [6.45, 7) is -0.389. The molecule has 230 valence electrons. The Bertz CT molecular complexity index is 1710. The molecule has 9 heteroatoms. The second kappa shape index (κ2) is 14.4. The number of carbonyl (C=O) groups excluding carboxylic acids is 2. The first-order valence-corrected chi connectivity index (χ1v) is 16.9. The lowest BCUT2D eigenvalue weighted by molar-refractivity contribution is -0.141. The third kappa shape index (κ3) is 7.67. The molecule has 1 saturated carbocycles. The number of rotatable bonds is 11. The highest BCUT2D eigenvalue weighted by Crippen LogP contribution is 2.24. The maximum atomic E-state index is 14.2. The fourth-order valence-electron chi connectivity index (χ4n) is 5.78. The Morgan fingerprint density at radius 1 is 0.864 bits per heavy atom. The minimum Gasteiger partial charge on any atom is -0.352 e. The number of nitrogens with one attached hydrogen (secondary N) is 1. The lowest BCUT2D eigenvalue weighted by atomic mass is 9.94. The van der Waals surface area contributed by atoms with Crippen LogP contribution < -0.4 is 5.32 Å². The van der Waals surface area contributed by atoms with Crippen molar-refractivity contribution in [2.75, 3.05) is 13.6 Å². The number of fused-ring (bicyclic) bond motifs is 1. The molecule has 0 bridgehead atoms. The monoisotopic (exact) mass is 631 g/mol. The number of amides is 2. The van der Waals surface area contributed by atoms with Gasteiger partial charge in [0, 0.05) is 31.1 Å². The van der Waals surface area contributed by atoms with E-state index in [1.807, 2.05) is 66.7 Å². The molecule has 7 nitrogen and oxygen atoms in total. The Labute approximate surface area is 264 Å². The molecule has 1 atom stereocenters. The minimum absolute atomic E-state index is 0.0442. The van der Waals surface area contributed by atoms with Gasteiger partial charge in [-0.15, -0.1) is 0 Å². The Morgan fingerprint density at radius 3 is 2.25 bits per heavy atom. The molecular weight excluding hydrogens is 594 g/mol. The molecule has 5 rings (SSSR count). The normalized spacial score (nSPS) is 14.8. The Balaban J connectivity index is 1.46. The van der Waals surface area contributed by atoms with Crippen LogP contribution in [0.1, 0.15) is 43.2 Å². The van der Waals surface area contributed by atoms with E-state index in [0.717, 1.165) is 52.7 Å². The molecule has 4 aromatic rings. The van der Waals surface area contributed by atoms with Crippen molar-refractivity contribution in [2.24, 2.45) is 0 Å². The summed E-state index contributed by atoms with van der Waals surface area (Å²) in [5.74, 6) is -0.738. The number of benzene rings is 4. The van der Waals surface area contributed by atoms with Crippen LogP contribution in [0.2, 0.25) is 5.02 Å². The van der Waals surface area contributed by atoms with Crippen molar-refractivity contribution in [3.8, 4) is 0 Å². The fraction of sp³-hybridized carbons (Fsp3) is 0.314. The Hall–Kier alpha value is -3.72. The van der Waals surface area contributed by atoms with Crippen molar-refractivity contribution >= 4 is 44.2 Å². The minimum atomic E-state index is -4.01. The van der Waals surface area contributed by atoms with E-state index in [2.05, 4.69) is 5.32 Å². The second-order valence-electron chi connectivity index (χ2n) is 11.4. The second-order valence-corrected chi connectivity index (χ2v) is 13.9. The van der Waals surface area contributed by atoms with Crippen LogP contribution >= 0.6 is 11.6 Å². The molecule has 0 aliphatic heterocycles. The molecule has 1 N–H and O–H groups in total. The SMILES string of the molecule is CN(CC(=O)N(Cc1ccccc1Cl)[C@H](Cc1ccccc1)C(=O)NC1CCCCC1)S(=O)(=O)c1ccc2ccccc2c1. The van der Waals surface area contributed by atoms with E-state index >= 15 is 0 Å². The largest absolute Gasteiger partial charge is 0.352 e. The zero-order valence-electron chi connectivity index (χ0n) is 24.9. The van der Waals surface area contributed by atoms with Gasteiger partial charge in [-0.25, -0.2) is 8.42 Å². The van der Waals surface area contributed by atoms with Crippen LogP contribution in [0, 0.1) is 0 Å². The number of sulfonamides is 1. The van der Waals surface area contributed by atoms with Gasteiger partial charge in [-0.2, -0.15) is 4.31 Å². The summed E-state index contributed by atoms with van der Waals surface area (Å²) in [4.78, 5) is 29.8. The summed E-state index contributed by atoms with van der Waals surface area (Å²) in [7, 11) is -2.62. The van der Waals surface area contributed by atoms with Gasteiger partial charge in [-0.3, -0.25) is 9.59 Å².